The minimum Gasteiger partial charge on any atom is -0.236 e. The molecule has 0 radical (unpaired) electrons. The van der Waals surface area contributed by atoms with Crippen molar-refractivity contribution in [1.29, 1.82) is 0 Å². The zero-order valence-corrected chi connectivity index (χ0v) is 17.5. The van der Waals surface area contributed by atoms with Crippen molar-refractivity contribution in [3.05, 3.63) is 88.2 Å². The van der Waals surface area contributed by atoms with Crippen molar-refractivity contribution in [1.82, 2.24) is 4.98 Å². The van der Waals surface area contributed by atoms with Gasteiger partial charge in [-0.05, 0) is 72.1 Å². The Balaban J connectivity index is 2.01. The van der Waals surface area contributed by atoms with Gasteiger partial charge in [-0.3, -0.25) is 0 Å². The van der Waals surface area contributed by atoms with Crippen LogP contribution in [0.3, 0.4) is 0 Å². The highest BCUT2D eigenvalue weighted by atomic mass is 35.5. The van der Waals surface area contributed by atoms with E-state index >= 15 is 0 Å². The predicted molar refractivity (Wildman–Crippen MR) is 114 cm³/mol. The highest BCUT2D eigenvalue weighted by Crippen LogP contribution is 2.34. The summed E-state index contributed by atoms with van der Waals surface area (Å²) in [5.74, 6) is -0.441. The second-order valence-corrected chi connectivity index (χ2v) is 9.33. The van der Waals surface area contributed by atoms with Crippen molar-refractivity contribution in [2.24, 2.45) is 0 Å². The van der Waals surface area contributed by atoms with Gasteiger partial charge >= 0.3 is 0 Å². The second kappa shape index (κ2) is 7.41. The molecule has 0 bridgehead atoms. The molecule has 4 rings (SSSR count). The number of sulfone groups is 1. The third-order valence-corrected chi connectivity index (χ3v) is 6.89. The summed E-state index contributed by atoms with van der Waals surface area (Å²) in [6, 6.07) is 16.9. The van der Waals surface area contributed by atoms with Crippen LogP contribution in [0, 0.1) is 12.7 Å². The smallest absolute Gasteiger partial charge is 0.223 e. The van der Waals surface area contributed by atoms with Crippen LogP contribution in [-0.4, -0.2) is 13.4 Å². The van der Waals surface area contributed by atoms with E-state index in [1.54, 1.807) is 37.3 Å². The van der Waals surface area contributed by atoms with Crippen molar-refractivity contribution in [2.45, 2.75) is 16.8 Å². The van der Waals surface area contributed by atoms with E-state index in [1.165, 1.54) is 36.4 Å². The lowest BCUT2D eigenvalue weighted by Crippen LogP contribution is -2.06. The molecular formula is C22H14Cl2FNO2S. The molecule has 0 unspecified atom stereocenters. The van der Waals surface area contributed by atoms with Crippen molar-refractivity contribution in [3.8, 4) is 11.1 Å². The predicted octanol–water partition coefficient (Wildman–Crippen LogP) is 6.49. The maximum absolute atomic E-state index is 13.9. The molecular weight excluding hydrogens is 432 g/mol. The summed E-state index contributed by atoms with van der Waals surface area (Å²) in [5, 5.41) is 1.18. The molecule has 0 aliphatic rings. The van der Waals surface area contributed by atoms with Gasteiger partial charge in [0.05, 0.1) is 10.4 Å². The molecule has 29 heavy (non-hydrogen) atoms. The Bertz CT molecular complexity index is 1370. The van der Waals surface area contributed by atoms with Gasteiger partial charge in [0.15, 0.2) is 5.03 Å². The SMILES string of the molecule is Cc1ccc(S(=O)(=O)c2cc(-c3cccc(Cl)c3)c3cc(F)ccc3n2)cc1Cl. The number of benzene rings is 3. The van der Waals surface area contributed by atoms with Crippen LogP contribution in [0.4, 0.5) is 4.39 Å². The van der Waals surface area contributed by atoms with Gasteiger partial charge in [0, 0.05) is 15.4 Å². The maximum Gasteiger partial charge on any atom is 0.223 e. The molecule has 1 aromatic heterocycles. The molecule has 0 atom stereocenters. The van der Waals surface area contributed by atoms with E-state index in [2.05, 4.69) is 4.98 Å². The molecule has 0 aliphatic carbocycles. The summed E-state index contributed by atoms with van der Waals surface area (Å²) < 4.78 is 40.4. The van der Waals surface area contributed by atoms with Crippen molar-refractivity contribution in [2.75, 3.05) is 0 Å². The second-order valence-electron chi connectivity index (χ2n) is 6.59. The fraction of sp³-hybridized carbons (Fsp3) is 0.0455. The van der Waals surface area contributed by atoms with Crippen LogP contribution >= 0.6 is 23.2 Å². The van der Waals surface area contributed by atoms with E-state index in [0.29, 0.717) is 32.1 Å². The number of aryl methyl sites for hydroxylation is 1. The lowest BCUT2D eigenvalue weighted by atomic mass is 10.0. The van der Waals surface area contributed by atoms with Crippen LogP contribution in [-0.2, 0) is 9.84 Å². The van der Waals surface area contributed by atoms with E-state index in [4.69, 9.17) is 23.2 Å². The first-order valence-electron chi connectivity index (χ1n) is 8.63. The highest BCUT2D eigenvalue weighted by molar-refractivity contribution is 7.91. The number of nitrogens with zero attached hydrogens (tertiary/aromatic N) is 1. The molecule has 0 fully saturated rings. The molecule has 1 heterocycles. The first kappa shape index (κ1) is 19.8. The Labute approximate surface area is 177 Å². The minimum atomic E-state index is -3.94. The average molecular weight is 446 g/mol. The van der Waals surface area contributed by atoms with Gasteiger partial charge in [-0.2, -0.15) is 0 Å². The molecule has 3 aromatic carbocycles. The van der Waals surface area contributed by atoms with Crippen LogP contribution in [0.2, 0.25) is 10.0 Å². The average Bonchev–Trinajstić information content (AvgIpc) is 2.69. The van der Waals surface area contributed by atoms with E-state index < -0.39 is 15.7 Å². The number of fused-ring (bicyclic) bond motifs is 1. The molecule has 3 nitrogen and oxygen atoms in total. The van der Waals surface area contributed by atoms with E-state index in [1.807, 2.05) is 0 Å². The lowest BCUT2D eigenvalue weighted by Gasteiger charge is -2.12. The van der Waals surface area contributed by atoms with Gasteiger partial charge in [0.1, 0.15) is 5.82 Å². The normalized spacial score (nSPS) is 11.7. The van der Waals surface area contributed by atoms with Crippen molar-refractivity contribution >= 4 is 43.9 Å². The summed E-state index contributed by atoms with van der Waals surface area (Å²) >= 11 is 12.2. The summed E-state index contributed by atoms with van der Waals surface area (Å²) in [6.07, 6.45) is 0. The number of aromatic nitrogens is 1. The fourth-order valence-corrected chi connectivity index (χ4v) is 4.76. The van der Waals surface area contributed by atoms with Crippen LogP contribution in [0.25, 0.3) is 22.0 Å². The number of hydrogen-bond donors (Lipinski definition) is 0. The summed E-state index contributed by atoms with van der Waals surface area (Å²) in [7, 11) is -3.94. The molecule has 0 amide bonds. The highest BCUT2D eigenvalue weighted by Gasteiger charge is 2.23. The number of rotatable bonds is 3. The number of halogens is 3. The first-order chi connectivity index (χ1) is 13.8. The van der Waals surface area contributed by atoms with Gasteiger partial charge in [0.25, 0.3) is 0 Å². The molecule has 0 saturated heterocycles. The minimum absolute atomic E-state index is 0.0408. The number of hydrogen-bond acceptors (Lipinski definition) is 3. The van der Waals surface area contributed by atoms with Gasteiger partial charge in [-0.25, -0.2) is 17.8 Å². The van der Waals surface area contributed by atoms with Gasteiger partial charge < -0.3 is 0 Å². The fourth-order valence-electron chi connectivity index (χ4n) is 3.07. The Morgan fingerprint density at radius 1 is 0.931 bits per heavy atom. The van der Waals surface area contributed by atoms with Gasteiger partial charge in [0.2, 0.25) is 9.84 Å². The summed E-state index contributed by atoms with van der Waals surface area (Å²) in [5.41, 5.74) is 2.32. The molecule has 146 valence electrons. The van der Waals surface area contributed by atoms with E-state index in [0.717, 1.165) is 5.56 Å². The maximum atomic E-state index is 13.9. The third kappa shape index (κ3) is 3.73. The molecule has 0 saturated carbocycles. The Morgan fingerprint density at radius 2 is 1.72 bits per heavy atom. The van der Waals surface area contributed by atoms with E-state index in [-0.39, 0.29) is 9.92 Å². The molecule has 0 spiro atoms. The summed E-state index contributed by atoms with van der Waals surface area (Å²) in [4.78, 5) is 4.34. The zero-order valence-electron chi connectivity index (χ0n) is 15.2. The Kier molecular flexibility index (Phi) is 5.07. The molecule has 4 aromatic rings. The Hall–Kier alpha value is -2.47. The monoisotopic (exact) mass is 445 g/mol. The standard InChI is InChI=1S/C22H14Cl2FNO2S/c1-13-5-7-17(11-20(13)24)29(27,28)22-12-18(14-3-2-4-15(23)9-14)19-10-16(25)6-8-21(19)26-22/h2-12H,1H3. The van der Waals surface area contributed by atoms with Crippen molar-refractivity contribution < 1.29 is 12.8 Å². The van der Waals surface area contributed by atoms with Crippen LogP contribution in [0.15, 0.2) is 76.7 Å². The van der Waals surface area contributed by atoms with Crippen molar-refractivity contribution in [3.63, 3.8) is 0 Å². The largest absolute Gasteiger partial charge is 0.236 e. The molecule has 7 heteroatoms. The van der Waals surface area contributed by atoms with Gasteiger partial charge in [-0.15, -0.1) is 0 Å². The third-order valence-electron chi connectivity index (χ3n) is 4.61. The molecule has 0 aliphatic heterocycles. The number of pyridine rings is 1. The van der Waals surface area contributed by atoms with Crippen LogP contribution in [0.5, 0.6) is 0 Å². The van der Waals surface area contributed by atoms with E-state index in [9.17, 15) is 12.8 Å². The van der Waals surface area contributed by atoms with Gasteiger partial charge in [-0.1, -0.05) is 41.4 Å². The van der Waals surface area contributed by atoms with Crippen LogP contribution < -0.4 is 0 Å². The summed E-state index contributed by atoms with van der Waals surface area (Å²) in [6.45, 7) is 1.79. The molecule has 0 N–H and O–H groups in total. The van der Waals surface area contributed by atoms with Crippen LogP contribution in [0.1, 0.15) is 5.56 Å². The topological polar surface area (TPSA) is 47.0 Å². The zero-order chi connectivity index (χ0) is 20.8. The Morgan fingerprint density at radius 3 is 2.45 bits per heavy atom. The lowest BCUT2D eigenvalue weighted by molar-refractivity contribution is 0.593. The first-order valence-corrected chi connectivity index (χ1v) is 10.9. The quantitative estimate of drug-likeness (QED) is 0.362.